The third kappa shape index (κ3) is 5.72. The topological polar surface area (TPSA) is 60.1 Å². The highest BCUT2D eigenvalue weighted by atomic mass is 35.5. The largest absolute Gasteiger partial charge is 0.355 e. The summed E-state index contributed by atoms with van der Waals surface area (Å²) in [5, 5.41) is 4.17. The van der Waals surface area contributed by atoms with Crippen molar-refractivity contribution >= 4 is 41.6 Å². The maximum atomic E-state index is 11.9. The van der Waals surface area contributed by atoms with Crippen molar-refractivity contribution in [2.24, 2.45) is 11.1 Å². The predicted molar refractivity (Wildman–Crippen MR) is 101 cm³/mol. The Kier molecular flexibility index (Phi) is 8.67. The first kappa shape index (κ1) is 21.8. The Morgan fingerprint density at radius 3 is 2.52 bits per heavy atom. The zero-order chi connectivity index (χ0) is 15.5. The number of carbonyl (C=O) groups excluding carboxylic acids is 1. The van der Waals surface area contributed by atoms with Crippen molar-refractivity contribution in [3.8, 4) is 0 Å². The quantitative estimate of drug-likeness (QED) is 0.804. The molecule has 1 amide bonds. The van der Waals surface area contributed by atoms with Crippen LogP contribution in [-0.4, -0.2) is 23.1 Å². The highest BCUT2D eigenvalue weighted by Crippen LogP contribution is 2.17. The van der Waals surface area contributed by atoms with Gasteiger partial charge in [-0.2, -0.15) is 0 Å². The van der Waals surface area contributed by atoms with Gasteiger partial charge in [-0.1, -0.05) is 39.0 Å². The zero-order valence-electron chi connectivity index (χ0n) is 13.9. The molecule has 2 rings (SSSR count). The molecule has 0 aliphatic carbocycles. The highest BCUT2D eigenvalue weighted by Gasteiger charge is 2.26. The Bertz CT molecular complexity index is 620. The SMILES string of the molecule is CC(C)(C)[C@H](N)C(=O)NCCCn1ccc2ccccc21.Cl.Cl. The first-order valence-electron chi connectivity index (χ1n) is 7.47. The molecule has 2 aromatic rings. The van der Waals surface area contributed by atoms with Crippen molar-refractivity contribution in [1.82, 2.24) is 9.88 Å². The van der Waals surface area contributed by atoms with E-state index >= 15 is 0 Å². The smallest absolute Gasteiger partial charge is 0.237 e. The molecular formula is C17H27Cl2N3O. The molecule has 0 unspecified atom stereocenters. The van der Waals surface area contributed by atoms with E-state index in [1.807, 2.05) is 32.9 Å². The Morgan fingerprint density at radius 1 is 1.22 bits per heavy atom. The molecule has 4 nitrogen and oxygen atoms in total. The Morgan fingerprint density at radius 2 is 1.87 bits per heavy atom. The van der Waals surface area contributed by atoms with Gasteiger partial charge >= 0.3 is 0 Å². The second-order valence-electron chi connectivity index (χ2n) is 6.56. The number of benzene rings is 1. The summed E-state index contributed by atoms with van der Waals surface area (Å²) >= 11 is 0. The third-order valence-corrected chi connectivity index (χ3v) is 3.77. The van der Waals surface area contributed by atoms with Gasteiger partial charge in [-0.15, -0.1) is 24.8 Å². The number of rotatable bonds is 5. The second-order valence-corrected chi connectivity index (χ2v) is 6.56. The summed E-state index contributed by atoms with van der Waals surface area (Å²) in [6.07, 6.45) is 2.98. The average Bonchev–Trinajstić information content (AvgIpc) is 2.85. The van der Waals surface area contributed by atoms with Gasteiger partial charge in [-0.25, -0.2) is 0 Å². The number of carbonyl (C=O) groups is 1. The summed E-state index contributed by atoms with van der Waals surface area (Å²) < 4.78 is 2.21. The van der Waals surface area contributed by atoms with Crippen LogP contribution in [0.1, 0.15) is 27.2 Å². The number of aromatic nitrogens is 1. The van der Waals surface area contributed by atoms with E-state index < -0.39 is 6.04 Å². The number of amides is 1. The number of nitrogens with one attached hydrogen (secondary N) is 1. The summed E-state index contributed by atoms with van der Waals surface area (Å²) in [6.45, 7) is 7.46. The number of nitrogens with zero attached hydrogens (tertiary/aromatic N) is 1. The van der Waals surface area contributed by atoms with Crippen LogP contribution in [0.15, 0.2) is 36.5 Å². The molecule has 0 aliphatic rings. The molecule has 1 heterocycles. The lowest BCUT2D eigenvalue weighted by atomic mass is 9.87. The van der Waals surface area contributed by atoms with E-state index in [0.29, 0.717) is 6.54 Å². The molecule has 6 heteroatoms. The molecule has 0 spiro atoms. The molecule has 0 saturated heterocycles. The second kappa shape index (κ2) is 9.16. The average molecular weight is 360 g/mol. The van der Waals surface area contributed by atoms with Crippen LogP contribution in [0.25, 0.3) is 10.9 Å². The first-order chi connectivity index (χ1) is 9.89. The van der Waals surface area contributed by atoms with Gasteiger partial charge in [0.25, 0.3) is 0 Å². The molecule has 0 radical (unpaired) electrons. The molecule has 3 N–H and O–H groups in total. The zero-order valence-corrected chi connectivity index (χ0v) is 15.5. The monoisotopic (exact) mass is 359 g/mol. The minimum Gasteiger partial charge on any atom is -0.355 e. The van der Waals surface area contributed by atoms with Gasteiger partial charge in [0.1, 0.15) is 0 Å². The van der Waals surface area contributed by atoms with E-state index in [4.69, 9.17) is 5.73 Å². The number of nitrogens with two attached hydrogens (primary N) is 1. The maximum absolute atomic E-state index is 11.9. The van der Waals surface area contributed by atoms with Crippen LogP contribution in [-0.2, 0) is 11.3 Å². The number of hydrogen-bond acceptors (Lipinski definition) is 2. The minimum atomic E-state index is -0.468. The summed E-state index contributed by atoms with van der Waals surface area (Å²) in [5.74, 6) is -0.0696. The standard InChI is InChI=1S/C17H25N3O.2ClH/c1-17(2,3)15(18)16(21)19-10-6-11-20-12-9-13-7-4-5-8-14(13)20;;/h4-5,7-9,12,15H,6,10-11,18H2,1-3H3,(H,19,21);2*1H/t15-;;/m1../s1. The summed E-state index contributed by atoms with van der Waals surface area (Å²) in [6, 6.07) is 9.96. The van der Waals surface area contributed by atoms with E-state index in [1.165, 1.54) is 10.9 Å². The van der Waals surface area contributed by atoms with Crippen molar-refractivity contribution in [2.75, 3.05) is 6.54 Å². The van der Waals surface area contributed by atoms with Gasteiger partial charge in [0.15, 0.2) is 0 Å². The number of fused-ring (bicyclic) bond motifs is 1. The molecule has 1 aromatic heterocycles. The molecule has 0 saturated carbocycles. The lowest BCUT2D eigenvalue weighted by Gasteiger charge is -2.25. The normalized spacial score (nSPS) is 12.2. The summed E-state index contributed by atoms with van der Waals surface area (Å²) in [7, 11) is 0. The number of para-hydroxylation sites is 1. The van der Waals surface area contributed by atoms with Crippen LogP contribution in [0, 0.1) is 5.41 Å². The molecule has 0 fully saturated rings. The number of aryl methyl sites for hydroxylation is 1. The van der Waals surface area contributed by atoms with Gasteiger partial charge in [-0.3, -0.25) is 4.79 Å². The lowest BCUT2D eigenvalue weighted by Crippen LogP contribution is -2.48. The maximum Gasteiger partial charge on any atom is 0.237 e. The van der Waals surface area contributed by atoms with E-state index in [1.54, 1.807) is 0 Å². The van der Waals surface area contributed by atoms with Gasteiger partial charge in [0.2, 0.25) is 5.91 Å². The van der Waals surface area contributed by atoms with Gasteiger partial charge in [0, 0.05) is 24.8 Å². The Hall–Kier alpha value is -1.23. The Labute approximate surface area is 150 Å². The van der Waals surface area contributed by atoms with Crippen molar-refractivity contribution in [1.29, 1.82) is 0 Å². The van der Waals surface area contributed by atoms with Crippen LogP contribution in [0.5, 0.6) is 0 Å². The molecule has 1 atom stereocenters. The number of halogens is 2. The first-order valence-corrected chi connectivity index (χ1v) is 7.47. The van der Waals surface area contributed by atoms with Crippen molar-refractivity contribution < 1.29 is 4.79 Å². The molecule has 130 valence electrons. The van der Waals surface area contributed by atoms with E-state index in [0.717, 1.165) is 13.0 Å². The van der Waals surface area contributed by atoms with Gasteiger partial charge < -0.3 is 15.6 Å². The fraction of sp³-hybridized carbons (Fsp3) is 0.471. The third-order valence-electron chi connectivity index (χ3n) is 3.77. The van der Waals surface area contributed by atoms with E-state index in [-0.39, 0.29) is 36.1 Å². The summed E-state index contributed by atoms with van der Waals surface area (Å²) in [4.78, 5) is 11.9. The van der Waals surface area contributed by atoms with E-state index in [9.17, 15) is 4.79 Å². The molecular weight excluding hydrogens is 333 g/mol. The van der Waals surface area contributed by atoms with Crippen LogP contribution in [0.3, 0.4) is 0 Å². The van der Waals surface area contributed by atoms with Crippen LogP contribution < -0.4 is 11.1 Å². The minimum absolute atomic E-state index is 0. The predicted octanol–water partition coefficient (Wildman–Crippen LogP) is 3.36. The lowest BCUT2D eigenvalue weighted by molar-refractivity contribution is -0.124. The van der Waals surface area contributed by atoms with Crippen LogP contribution in [0.4, 0.5) is 0 Å². The van der Waals surface area contributed by atoms with Gasteiger partial charge in [0.05, 0.1) is 6.04 Å². The van der Waals surface area contributed by atoms with E-state index in [2.05, 4.69) is 34.3 Å². The molecule has 0 bridgehead atoms. The molecule has 1 aromatic carbocycles. The van der Waals surface area contributed by atoms with Crippen LogP contribution in [0.2, 0.25) is 0 Å². The van der Waals surface area contributed by atoms with Crippen LogP contribution >= 0.6 is 24.8 Å². The highest BCUT2D eigenvalue weighted by molar-refractivity contribution is 5.85. The molecule has 23 heavy (non-hydrogen) atoms. The van der Waals surface area contributed by atoms with Crippen molar-refractivity contribution in [2.45, 2.75) is 39.8 Å². The molecule has 0 aliphatic heterocycles. The Balaban J connectivity index is 0.00000242. The fourth-order valence-corrected chi connectivity index (χ4v) is 2.30. The number of hydrogen-bond donors (Lipinski definition) is 2. The van der Waals surface area contributed by atoms with Crippen molar-refractivity contribution in [3.63, 3.8) is 0 Å². The van der Waals surface area contributed by atoms with Crippen molar-refractivity contribution in [3.05, 3.63) is 36.5 Å². The van der Waals surface area contributed by atoms with Gasteiger partial charge in [-0.05, 0) is 29.4 Å². The fourth-order valence-electron chi connectivity index (χ4n) is 2.30. The summed E-state index contributed by atoms with van der Waals surface area (Å²) in [5.41, 5.74) is 6.95.